The molecule has 0 saturated heterocycles. The van der Waals surface area contributed by atoms with Crippen LogP contribution >= 0.6 is 0 Å². The summed E-state index contributed by atoms with van der Waals surface area (Å²) in [6.07, 6.45) is 0. The van der Waals surface area contributed by atoms with Crippen molar-refractivity contribution in [2.24, 2.45) is 0 Å². The van der Waals surface area contributed by atoms with E-state index >= 15 is 0 Å². The number of esters is 1. The summed E-state index contributed by atoms with van der Waals surface area (Å²) < 4.78 is 38.7. The molecule has 3 aromatic rings. The highest BCUT2D eigenvalue weighted by Gasteiger charge is 2.23. The van der Waals surface area contributed by atoms with Gasteiger partial charge in [0.25, 0.3) is 15.9 Å². The second-order valence-corrected chi connectivity index (χ2v) is 9.04. The van der Waals surface area contributed by atoms with Crippen molar-refractivity contribution in [3.8, 4) is 11.8 Å². The van der Waals surface area contributed by atoms with Crippen molar-refractivity contribution in [3.63, 3.8) is 0 Å². The number of nitrogens with one attached hydrogen (secondary N) is 1. The van der Waals surface area contributed by atoms with E-state index in [1.54, 1.807) is 54.6 Å². The van der Waals surface area contributed by atoms with Gasteiger partial charge in [-0.2, -0.15) is 5.26 Å². The summed E-state index contributed by atoms with van der Waals surface area (Å²) in [5, 5.41) is 9.05. The van der Waals surface area contributed by atoms with Gasteiger partial charge < -0.3 is 9.47 Å². The van der Waals surface area contributed by atoms with Crippen LogP contribution in [-0.2, 0) is 19.6 Å². The number of nitrogens with zero attached hydrogens (tertiary/aromatic N) is 2. The molecule has 0 heterocycles. The fraction of sp³-hybridized carbons (Fsp3) is 0.160. The molecule has 0 aliphatic carbocycles. The summed E-state index contributed by atoms with van der Waals surface area (Å²) in [5.74, 6) is -1.48. The predicted molar refractivity (Wildman–Crippen MR) is 130 cm³/mol. The fourth-order valence-corrected chi connectivity index (χ4v) is 4.39. The Kier molecular flexibility index (Phi) is 8.07. The van der Waals surface area contributed by atoms with Crippen molar-refractivity contribution in [1.29, 1.82) is 5.26 Å². The lowest BCUT2D eigenvalue weighted by Gasteiger charge is -2.19. The van der Waals surface area contributed by atoms with Crippen molar-refractivity contribution in [2.75, 3.05) is 29.9 Å². The summed E-state index contributed by atoms with van der Waals surface area (Å²) in [7, 11) is -2.80. The van der Waals surface area contributed by atoms with Gasteiger partial charge in [0.2, 0.25) is 0 Å². The number of hydrogen-bond acceptors (Lipinski definition) is 7. The number of aryl methyl sites for hydroxylation is 1. The van der Waals surface area contributed by atoms with E-state index in [4.69, 9.17) is 14.7 Å². The summed E-state index contributed by atoms with van der Waals surface area (Å²) in [5.41, 5.74) is 1.70. The molecule has 1 amide bonds. The van der Waals surface area contributed by atoms with Crippen LogP contribution in [0.25, 0.3) is 0 Å². The maximum atomic E-state index is 13.0. The number of amides is 1. The van der Waals surface area contributed by atoms with E-state index in [1.165, 1.54) is 24.1 Å². The van der Waals surface area contributed by atoms with E-state index in [0.717, 1.165) is 11.6 Å². The van der Waals surface area contributed by atoms with Gasteiger partial charge in [-0.25, -0.2) is 13.2 Å². The minimum atomic E-state index is -4.11. The average molecular weight is 494 g/mol. The minimum absolute atomic E-state index is 0.0292. The number of rotatable bonds is 9. The van der Waals surface area contributed by atoms with Gasteiger partial charge in [0.15, 0.2) is 6.61 Å². The first kappa shape index (κ1) is 25.3. The monoisotopic (exact) mass is 493 g/mol. The lowest BCUT2D eigenvalue weighted by Crippen LogP contribution is -2.35. The van der Waals surface area contributed by atoms with Crippen LogP contribution in [0.2, 0.25) is 0 Å². The van der Waals surface area contributed by atoms with Crippen LogP contribution in [0.15, 0.2) is 77.7 Å². The normalized spacial score (nSPS) is 10.7. The maximum Gasteiger partial charge on any atom is 0.338 e. The standard InChI is InChI=1S/C25H23N3O6S/c1-18-8-11-20(12-9-18)27-35(31,32)23-16-19(10-13-22(23)33-2)25(30)34-17-24(29)28(15-14-26)21-6-4-3-5-7-21/h3-13,16,27H,15,17H2,1-2H3. The maximum absolute atomic E-state index is 13.0. The molecule has 0 fully saturated rings. The Morgan fingerprint density at radius 3 is 2.34 bits per heavy atom. The highest BCUT2D eigenvalue weighted by Crippen LogP contribution is 2.27. The quantitative estimate of drug-likeness (QED) is 0.357. The van der Waals surface area contributed by atoms with Crippen molar-refractivity contribution in [2.45, 2.75) is 11.8 Å². The first-order valence-electron chi connectivity index (χ1n) is 10.4. The number of carbonyl (C=O) groups is 2. The third kappa shape index (κ3) is 6.37. The number of methoxy groups -OCH3 is 1. The lowest BCUT2D eigenvalue weighted by atomic mass is 10.2. The van der Waals surface area contributed by atoms with E-state index in [2.05, 4.69) is 4.72 Å². The van der Waals surface area contributed by atoms with Gasteiger partial charge in [-0.05, 0) is 49.4 Å². The van der Waals surface area contributed by atoms with E-state index in [-0.39, 0.29) is 22.8 Å². The Labute approximate surface area is 203 Å². The van der Waals surface area contributed by atoms with Crippen LogP contribution in [0, 0.1) is 18.3 Å². The Morgan fingerprint density at radius 1 is 1.03 bits per heavy atom. The third-order valence-corrected chi connectivity index (χ3v) is 6.32. The Hall–Kier alpha value is -4.36. The van der Waals surface area contributed by atoms with Crippen molar-refractivity contribution >= 4 is 33.3 Å². The number of benzene rings is 3. The van der Waals surface area contributed by atoms with Crippen LogP contribution in [0.5, 0.6) is 5.75 Å². The largest absolute Gasteiger partial charge is 0.495 e. The zero-order chi connectivity index (χ0) is 25.4. The number of hydrogen-bond donors (Lipinski definition) is 1. The molecule has 0 spiro atoms. The molecule has 0 atom stereocenters. The SMILES string of the molecule is COc1ccc(C(=O)OCC(=O)N(CC#N)c2ccccc2)cc1S(=O)(=O)Nc1ccc(C)cc1. The van der Waals surface area contributed by atoms with E-state index in [1.807, 2.05) is 13.0 Å². The number of anilines is 2. The van der Waals surface area contributed by atoms with Crippen molar-refractivity contribution < 1.29 is 27.5 Å². The molecule has 9 nitrogen and oxygen atoms in total. The topological polar surface area (TPSA) is 126 Å². The molecule has 0 aliphatic rings. The smallest absolute Gasteiger partial charge is 0.338 e. The van der Waals surface area contributed by atoms with Crippen LogP contribution in [0.1, 0.15) is 15.9 Å². The molecular formula is C25H23N3O6S. The number of para-hydroxylation sites is 1. The first-order valence-corrected chi connectivity index (χ1v) is 11.9. The predicted octanol–water partition coefficient (Wildman–Crippen LogP) is 3.52. The molecule has 0 saturated carbocycles. The number of ether oxygens (including phenoxy) is 2. The molecule has 3 aromatic carbocycles. The van der Waals surface area contributed by atoms with Crippen LogP contribution in [0.4, 0.5) is 11.4 Å². The first-order chi connectivity index (χ1) is 16.7. The second-order valence-electron chi connectivity index (χ2n) is 7.39. The molecule has 0 aromatic heterocycles. The van der Waals surface area contributed by atoms with Crippen LogP contribution < -0.4 is 14.4 Å². The van der Waals surface area contributed by atoms with Gasteiger partial charge in [0, 0.05) is 11.4 Å². The van der Waals surface area contributed by atoms with E-state index in [9.17, 15) is 18.0 Å². The summed E-state index contributed by atoms with van der Waals surface area (Å²) in [4.78, 5) is 26.1. The fourth-order valence-electron chi connectivity index (χ4n) is 3.14. The number of sulfonamides is 1. The van der Waals surface area contributed by atoms with E-state index < -0.39 is 28.5 Å². The van der Waals surface area contributed by atoms with Gasteiger partial charge in [0.1, 0.15) is 17.2 Å². The second kappa shape index (κ2) is 11.2. The Balaban J connectivity index is 1.78. The zero-order valence-electron chi connectivity index (χ0n) is 19.1. The number of nitriles is 1. The average Bonchev–Trinajstić information content (AvgIpc) is 2.87. The van der Waals surface area contributed by atoms with Gasteiger partial charge in [-0.15, -0.1) is 0 Å². The minimum Gasteiger partial charge on any atom is -0.495 e. The molecule has 3 rings (SSSR count). The van der Waals surface area contributed by atoms with Crippen LogP contribution in [0.3, 0.4) is 0 Å². The molecule has 0 bridgehead atoms. The molecule has 180 valence electrons. The van der Waals surface area contributed by atoms with Gasteiger partial charge in [-0.3, -0.25) is 14.4 Å². The van der Waals surface area contributed by atoms with E-state index in [0.29, 0.717) is 11.4 Å². The molecule has 35 heavy (non-hydrogen) atoms. The Morgan fingerprint density at radius 2 is 1.71 bits per heavy atom. The third-order valence-electron chi connectivity index (χ3n) is 4.92. The lowest BCUT2D eigenvalue weighted by molar-refractivity contribution is -0.121. The number of carbonyl (C=O) groups excluding carboxylic acids is 2. The van der Waals surface area contributed by atoms with Crippen molar-refractivity contribution in [3.05, 3.63) is 83.9 Å². The van der Waals surface area contributed by atoms with Gasteiger partial charge in [0.05, 0.1) is 18.7 Å². The molecule has 1 N–H and O–H groups in total. The van der Waals surface area contributed by atoms with Crippen LogP contribution in [-0.4, -0.2) is 40.6 Å². The zero-order valence-corrected chi connectivity index (χ0v) is 19.9. The van der Waals surface area contributed by atoms with Crippen molar-refractivity contribution in [1.82, 2.24) is 0 Å². The van der Waals surface area contributed by atoms with Gasteiger partial charge >= 0.3 is 5.97 Å². The Bertz CT molecular complexity index is 1350. The highest BCUT2D eigenvalue weighted by atomic mass is 32.2. The molecule has 10 heteroatoms. The molecular weight excluding hydrogens is 470 g/mol. The summed E-state index contributed by atoms with van der Waals surface area (Å²) in [6.45, 7) is 1.02. The highest BCUT2D eigenvalue weighted by molar-refractivity contribution is 7.92. The summed E-state index contributed by atoms with van der Waals surface area (Å²) in [6, 6.07) is 20.9. The molecule has 0 aliphatic heterocycles. The van der Waals surface area contributed by atoms with Gasteiger partial charge in [-0.1, -0.05) is 35.9 Å². The molecule has 0 radical (unpaired) electrons. The summed E-state index contributed by atoms with van der Waals surface area (Å²) >= 11 is 0. The molecule has 0 unspecified atom stereocenters.